The van der Waals surface area contributed by atoms with Crippen LogP contribution in [0.3, 0.4) is 0 Å². The fourth-order valence-electron chi connectivity index (χ4n) is 14.7. The average molecular weight is 1300 g/mol. The van der Waals surface area contributed by atoms with Gasteiger partial charge in [-0.25, -0.2) is 9.69 Å². The van der Waals surface area contributed by atoms with Crippen molar-refractivity contribution in [2.24, 2.45) is 0 Å². The summed E-state index contributed by atoms with van der Waals surface area (Å²) in [7, 11) is 0. The van der Waals surface area contributed by atoms with E-state index in [-0.39, 0.29) is 45.0 Å². The quantitative estimate of drug-likeness (QED) is 0.121. The third kappa shape index (κ3) is 9.63. The van der Waals surface area contributed by atoms with Gasteiger partial charge in [0.15, 0.2) is 11.4 Å². The molecule has 12 aromatic carbocycles. The fraction of sp³-hybridized carbons (Fsp3) is 0.0854. The van der Waals surface area contributed by atoms with Gasteiger partial charge in [-0.1, -0.05) is 158 Å². The number of para-hydroxylation sites is 4. The zero-order valence-corrected chi connectivity index (χ0v) is 52.5. The molecule has 16 heteroatoms. The van der Waals surface area contributed by atoms with Crippen LogP contribution in [0.1, 0.15) is 44.5 Å². The molecule has 16 aromatic rings. The summed E-state index contributed by atoms with van der Waals surface area (Å²) in [5.41, 5.74) is 5.33. The van der Waals surface area contributed by atoms with Crippen LogP contribution in [0.4, 0.5) is 50.9 Å². The molecule has 0 fully saturated rings. The summed E-state index contributed by atoms with van der Waals surface area (Å²) in [4.78, 5) is 7.07. The Kier molecular flexibility index (Phi) is 14.5. The molecule has 0 spiro atoms. The first-order valence-corrected chi connectivity index (χ1v) is 31.1. The molecule has 0 aliphatic heterocycles. The maximum Gasteiger partial charge on any atom is 0.418 e. The first kappa shape index (κ1) is 61.8. The van der Waals surface area contributed by atoms with Gasteiger partial charge in [0, 0.05) is 54.2 Å². The summed E-state index contributed by atoms with van der Waals surface area (Å²) in [6.07, 6.45) is -14.6. The van der Waals surface area contributed by atoms with Gasteiger partial charge in [0.25, 0.3) is 0 Å². The van der Waals surface area contributed by atoms with Crippen LogP contribution in [-0.4, -0.2) is 18.3 Å². The van der Waals surface area contributed by atoms with Crippen LogP contribution in [0.2, 0.25) is 0 Å². The van der Waals surface area contributed by atoms with Crippen LogP contribution in [0.15, 0.2) is 231 Å². The van der Waals surface area contributed by atoms with Gasteiger partial charge in [-0.2, -0.15) is 44.8 Å². The van der Waals surface area contributed by atoms with E-state index in [0.717, 1.165) is 106 Å². The lowest BCUT2D eigenvalue weighted by Crippen LogP contribution is -2.14. The second-order valence-electron chi connectivity index (χ2n) is 24.3. The summed E-state index contributed by atoms with van der Waals surface area (Å²) in [6.45, 7) is 23.7. The number of alkyl halides is 9. The molecular formula is C82H50F9N7. The molecule has 476 valence electrons. The van der Waals surface area contributed by atoms with Crippen LogP contribution in [0.5, 0.6) is 0 Å². The first-order valence-electron chi connectivity index (χ1n) is 31.1. The van der Waals surface area contributed by atoms with Gasteiger partial charge in [-0.15, -0.1) is 0 Å². The molecular weight excluding hydrogens is 1250 g/mol. The Morgan fingerprint density at radius 2 is 0.602 bits per heavy atom. The van der Waals surface area contributed by atoms with Gasteiger partial charge in [-0.3, -0.25) is 0 Å². The van der Waals surface area contributed by atoms with E-state index in [0.29, 0.717) is 38.8 Å². The lowest BCUT2D eigenvalue weighted by molar-refractivity contribution is -0.138. The number of hydrogen-bond acceptors (Lipinski definition) is 1. The van der Waals surface area contributed by atoms with E-state index in [2.05, 4.69) is 15.8 Å². The standard InChI is InChI=1S/C41H25F6N3.C41H25F3N4/c1-23-11-8-19-33-37(23)25-13-4-6-17-31(25)49(33)35-22-29(41(45,46)47)36(21-27(35)39-28(40(42,43)44)15-10-16-30(39)48-3)50-32-18-7-5-14-26(32)38-24(2)12-9-20-34(38)50;1-24-11-8-19-34-38(24)27-13-4-6-17-32(27)47(34)36-22-29(40-30(41(42,43)44)15-10-16-31(40)46-3)37(21-26(36)23-45)48-33-18-7-5-14-28(33)39-25(2)12-9-20-35(39)48/h4-22H,1-2H3;4-22H,1-2H3. The van der Waals surface area contributed by atoms with Crippen LogP contribution in [0, 0.1) is 52.2 Å². The monoisotopic (exact) mass is 1300 g/mol. The Labute approximate surface area is 554 Å². The highest BCUT2D eigenvalue weighted by Crippen LogP contribution is 2.52. The summed E-state index contributed by atoms with van der Waals surface area (Å²) in [6, 6.07) is 67.0. The Balaban J connectivity index is 0.000000160. The molecule has 0 atom stereocenters. The van der Waals surface area contributed by atoms with Crippen molar-refractivity contribution < 1.29 is 39.5 Å². The molecule has 0 radical (unpaired) electrons. The Bertz CT molecular complexity index is 6190. The van der Waals surface area contributed by atoms with Crippen molar-refractivity contribution in [3.05, 3.63) is 298 Å². The number of benzene rings is 12. The number of rotatable bonds is 6. The third-order valence-electron chi connectivity index (χ3n) is 18.7. The van der Waals surface area contributed by atoms with Crippen molar-refractivity contribution in [1.29, 1.82) is 5.26 Å². The van der Waals surface area contributed by atoms with Crippen LogP contribution < -0.4 is 0 Å². The number of hydrogen-bond donors (Lipinski definition) is 0. The van der Waals surface area contributed by atoms with E-state index in [9.17, 15) is 31.6 Å². The van der Waals surface area contributed by atoms with Crippen LogP contribution >= 0.6 is 0 Å². The number of aryl methyl sites for hydroxylation is 4. The Hall–Kier alpha value is -12.3. The predicted molar refractivity (Wildman–Crippen MR) is 372 cm³/mol. The molecule has 0 aliphatic rings. The van der Waals surface area contributed by atoms with E-state index in [1.807, 2.05) is 152 Å². The zero-order chi connectivity index (χ0) is 68.4. The van der Waals surface area contributed by atoms with E-state index >= 15 is 13.2 Å². The summed E-state index contributed by atoms with van der Waals surface area (Å²) >= 11 is 0. The SMILES string of the molecule is [C-]#[N+]c1cccc(C(F)(F)F)c1-c1cc(-n2c3ccccc3c3c(C)cccc32)c(C#N)cc1-n1c2ccccc2c2c(C)cccc21.[C-]#[N+]c1cccc(C(F)(F)F)c1-c1cc(-n2c3ccccc3c3c(C)cccc32)c(C(F)(F)F)cc1-n1c2ccccc2c2c(C)cccc21. The number of nitriles is 1. The predicted octanol–water partition coefficient (Wildman–Crippen LogP) is 24.4. The topological polar surface area (TPSA) is 52.2 Å². The van der Waals surface area contributed by atoms with Gasteiger partial charge in [-0.05, 0) is 134 Å². The molecule has 16 rings (SSSR count). The average Bonchev–Trinajstić information content (AvgIpc) is 1.50. The van der Waals surface area contributed by atoms with Gasteiger partial charge in [0.05, 0.1) is 102 Å². The number of nitrogens with zero attached hydrogens (tertiary/aromatic N) is 7. The molecule has 0 saturated heterocycles. The Morgan fingerprint density at radius 1 is 0.316 bits per heavy atom. The van der Waals surface area contributed by atoms with Gasteiger partial charge in [0.1, 0.15) is 6.07 Å². The number of aromatic nitrogens is 4. The molecule has 98 heavy (non-hydrogen) atoms. The zero-order valence-electron chi connectivity index (χ0n) is 52.5. The summed E-state index contributed by atoms with van der Waals surface area (Å²) in [5.74, 6) is 0. The molecule has 0 unspecified atom stereocenters. The van der Waals surface area contributed by atoms with Crippen molar-refractivity contribution >= 4 is 98.6 Å². The molecule has 4 aromatic heterocycles. The Morgan fingerprint density at radius 3 is 0.929 bits per heavy atom. The molecule has 0 saturated carbocycles. The minimum absolute atomic E-state index is 0.128. The highest BCUT2D eigenvalue weighted by atomic mass is 19.4. The second kappa shape index (κ2) is 23.0. The minimum atomic E-state index is -4.93. The van der Waals surface area contributed by atoms with Gasteiger partial charge in [0.2, 0.25) is 0 Å². The number of halogens is 9. The maximum absolute atomic E-state index is 15.5. The summed E-state index contributed by atoms with van der Waals surface area (Å²) in [5, 5.41) is 17.6. The van der Waals surface area contributed by atoms with E-state index in [1.165, 1.54) is 28.8 Å². The largest absolute Gasteiger partial charge is 0.418 e. The van der Waals surface area contributed by atoms with E-state index in [1.54, 1.807) is 71.3 Å². The summed E-state index contributed by atoms with van der Waals surface area (Å²) < 4.78 is 143. The lowest BCUT2D eigenvalue weighted by Gasteiger charge is -2.24. The van der Waals surface area contributed by atoms with Crippen LogP contribution in [0.25, 0.3) is 142 Å². The molecule has 4 heterocycles. The van der Waals surface area contributed by atoms with Crippen LogP contribution in [-0.2, 0) is 18.5 Å². The van der Waals surface area contributed by atoms with Crippen molar-refractivity contribution in [1.82, 2.24) is 18.3 Å². The van der Waals surface area contributed by atoms with Crippen molar-refractivity contribution in [2.45, 2.75) is 46.2 Å². The minimum Gasteiger partial charge on any atom is -0.309 e. The highest BCUT2D eigenvalue weighted by Gasteiger charge is 2.41. The molecule has 0 aliphatic carbocycles. The van der Waals surface area contributed by atoms with Gasteiger partial charge < -0.3 is 18.3 Å². The van der Waals surface area contributed by atoms with Crippen molar-refractivity contribution in [3.63, 3.8) is 0 Å². The van der Waals surface area contributed by atoms with Gasteiger partial charge >= 0.3 is 18.5 Å². The molecule has 0 bridgehead atoms. The third-order valence-corrected chi connectivity index (χ3v) is 18.7. The number of fused-ring (bicyclic) bond motifs is 12. The maximum atomic E-state index is 15.5. The first-order chi connectivity index (χ1) is 47.1. The smallest absolute Gasteiger partial charge is 0.309 e. The fourth-order valence-corrected chi connectivity index (χ4v) is 14.7. The van der Waals surface area contributed by atoms with E-state index in [4.69, 9.17) is 13.1 Å². The molecule has 0 amide bonds. The second-order valence-corrected chi connectivity index (χ2v) is 24.3. The lowest BCUT2D eigenvalue weighted by atomic mass is 9.93. The molecule has 0 N–H and O–H groups in total. The van der Waals surface area contributed by atoms with E-state index < -0.39 is 40.8 Å². The normalized spacial score (nSPS) is 12.1. The molecule has 7 nitrogen and oxygen atoms in total. The van der Waals surface area contributed by atoms with Crippen molar-refractivity contribution in [3.8, 4) is 51.1 Å². The van der Waals surface area contributed by atoms with Crippen molar-refractivity contribution in [2.75, 3.05) is 0 Å². The highest BCUT2D eigenvalue weighted by molar-refractivity contribution is 6.15.